The quantitative estimate of drug-likeness (QED) is 0.932. The summed E-state index contributed by atoms with van der Waals surface area (Å²) >= 11 is 0. The highest BCUT2D eigenvalue weighted by Crippen LogP contribution is 2.29. The molecule has 0 unspecified atom stereocenters. The zero-order valence-corrected chi connectivity index (χ0v) is 15.2. The lowest BCUT2D eigenvalue weighted by atomic mass is 9.95. The van der Waals surface area contributed by atoms with Gasteiger partial charge in [-0.05, 0) is 56.0 Å². The number of furan rings is 1. The molecule has 2 aromatic rings. The maximum atomic E-state index is 12.7. The zero-order valence-electron chi connectivity index (χ0n) is 15.2. The van der Waals surface area contributed by atoms with Gasteiger partial charge in [-0.3, -0.25) is 4.79 Å². The Morgan fingerprint density at radius 3 is 2.67 bits per heavy atom. The average molecular weight is 328 g/mol. The monoisotopic (exact) mass is 328 g/mol. The molecule has 4 nitrogen and oxygen atoms in total. The molecule has 1 aliphatic rings. The van der Waals surface area contributed by atoms with Gasteiger partial charge in [-0.1, -0.05) is 13.8 Å². The number of nitrogens with zero attached hydrogens (tertiary/aromatic N) is 1. The number of hydrogen-bond donors (Lipinski definition) is 1. The Balaban J connectivity index is 1.78. The van der Waals surface area contributed by atoms with Crippen molar-refractivity contribution in [3.05, 3.63) is 35.1 Å². The second-order valence-electron chi connectivity index (χ2n) is 7.24. The Hall–Kier alpha value is -1.81. The third-order valence-corrected chi connectivity index (χ3v) is 5.26. The van der Waals surface area contributed by atoms with E-state index in [1.165, 1.54) is 11.1 Å². The topological polar surface area (TPSA) is 45.5 Å². The Kier molecular flexibility index (Phi) is 4.95. The summed E-state index contributed by atoms with van der Waals surface area (Å²) in [5.41, 5.74) is 4.47. The van der Waals surface area contributed by atoms with Crippen molar-refractivity contribution < 1.29 is 9.21 Å². The van der Waals surface area contributed by atoms with E-state index in [4.69, 9.17) is 4.42 Å². The van der Waals surface area contributed by atoms with Crippen LogP contribution in [0.1, 0.15) is 49.3 Å². The summed E-state index contributed by atoms with van der Waals surface area (Å²) in [6, 6.07) is 4.84. The van der Waals surface area contributed by atoms with Crippen molar-refractivity contribution in [2.45, 2.75) is 52.0 Å². The molecule has 1 fully saturated rings. The smallest absolute Gasteiger partial charge is 0.227 e. The second kappa shape index (κ2) is 6.98. The molecule has 4 heteroatoms. The molecule has 1 aliphatic heterocycles. The predicted molar refractivity (Wildman–Crippen MR) is 97.4 cm³/mol. The molecule has 1 saturated heterocycles. The molecule has 1 aromatic heterocycles. The van der Waals surface area contributed by atoms with Gasteiger partial charge in [-0.25, -0.2) is 0 Å². The Labute approximate surface area is 144 Å². The van der Waals surface area contributed by atoms with E-state index < -0.39 is 0 Å². The lowest BCUT2D eigenvalue weighted by Gasteiger charge is -2.31. The van der Waals surface area contributed by atoms with Crippen LogP contribution in [0.5, 0.6) is 0 Å². The van der Waals surface area contributed by atoms with Crippen LogP contribution in [0.4, 0.5) is 0 Å². The van der Waals surface area contributed by atoms with Gasteiger partial charge in [0.25, 0.3) is 0 Å². The van der Waals surface area contributed by atoms with Crippen LogP contribution in [0.25, 0.3) is 11.0 Å². The summed E-state index contributed by atoms with van der Waals surface area (Å²) in [7, 11) is 1.99. The number of benzene rings is 1. The number of likely N-dealkylation sites (tertiary alicyclic amines) is 1. The molecule has 0 bridgehead atoms. The molecule has 130 valence electrons. The molecule has 0 atom stereocenters. The van der Waals surface area contributed by atoms with Crippen LogP contribution >= 0.6 is 0 Å². The predicted octanol–water partition coefficient (Wildman–Crippen LogP) is 3.62. The number of hydrogen-bond acceptors (Lipinski definition) is 3. The van der Waals surface area contributed by atoms with Crippen LogP contribution in [0.2, 0.25) is 0 Å². The second-order valence-corrected chi connectivity index (χ2v) is 7.24. The van der Waals surface area contributed by atoms with E-state index in [1.807, 2.05) is 11.9 Å². The van der Waals surface area contributed by atoms with Crippen LogP contribution in [-0.2, 0) is 11.2 Å². The number of piperidine rings is 1. The molecule has 24 heavy (non-hydrogen) atoms. The van der Waals surface area contributed by atoms with Crippen molar-refractivity contribution in [2.75, 3.05) is 20.1 Å². The standard InChI is InChI=1S/C20H28N2O2/c1-13(2)17-11-18-15(12-24-19(18)9-14(17)3)10-20(23)22-7-5-16(21-4)6-8-22/h9,11-13,16,21H,5-8,10H2,1-4H3. The highest BCUT2D eigenvalue weighted by Gasteiger charge is 2.23. The van der Waals surface area contributed by atoms with Gasteiger partial charge in [-0.2, -0.15) is 0 Å². The van der Waals surface area contributed by atoms with E-state index in [0.717, 1.165) is 42.5 Å². The van der Waals surface area contributed by atoms with E-state index in [2.05, 4.69) is 38.2 Å². The first kappa shape index (κ1) is 17.0. The minimum atomic E-state index is 0.207. The van der Waals surface area contributed by atoms with Crippen LogP contribution in [0, 0.1) is 6.92 Å². The number of nitrogens with one attached hydrogen (secondary N) is 1. The van der Waals surface area contributed by atoms with Crippen molar-refractivity contribution in [1.29, 1.82) is 0 Å². The number of carbonyl (C=O) groups excluding carboxylic acids is 1. The summed E-state index contributed by atoms with van der Waals surface area (Å²) in [6.07, 6.45) is 4.25. The molecule has 3 rings (SSSR count). The highest BCUT2D eigenvalue weighted by molar-refractivity contribution is 5.88. The first-order valence-electron chi connectivity index (χ1n) is 8.95. The van der Waals surface area contributed by atoms with Crippen molar-refractivity contribution in [3.63, 3.8) is 0 Å². The van der Waals surface area contributed by atoms with E-state index >= 15 is 0 Å². The lowest BCUT2D eigenvalue weighted by molar-refractivity contribution is -0.131. The Morgan fingerprint density at radius 2 is 2.04 bits per heavy atom. The summed E-state index contributed by atoms with van der Waals surface area (Å²) < 4.78 is 5.71. The number of amides is 1. The Bertz CT molecular complexity index is 725. The molecule has 1 amide bonds. The molecule has 0 aliphatic carbocycles. The maximum absolute atomic E-state index is 12.7. The third kappa shape index (κ3) is 3.34. The number of aryl methyl sites for hydroxylation is 1. The summed E-state index contributed by atoms with van der Waals surface area (Å²) in [4.78, 5) is 14.6. The molecule has 1 aromatic carbocycles. The molecular weight excluding hydrogens is 300 g/mol. The zero-order chi connectivity index (χ0) is 17.3. The van der Waals surface area contributed by atoms with Crippen molar-refractivity contribution in [2.24, 2.45) is 0 Å². The molecular formula is C20H28N2O2. The molecule has 1 N–H and O–H groups in total. The summed E-state index contributed by atoms with van der Waals surface area (Å²) in [5, 5.41) is 4.39. The fraction of sp³-hybridized carbons (Fsp3) is 0.550. The fourth-order valence-corrected chi connectivity index (χ4v) is 3.70. The number of fused-ring (bicyclic) bond motifs is 1. The van der Waals surface area contributed by atoms with E-state index in [-0.39, 0.29) is 5.91 Å². The minimum Gasteiger partial charge on any atom is -0.464 e. The molecule has 0 radical (unpaired) electrons. The van der Waals surface area contributed by atoms with Crippen molar-refractivity contribution in [1.82, 2.24) is 10.2 Å². The van der Waals surface area contributed by atoms with E-state index in [9.17, 15) is 4.79 Å². The SMILES string of the molecule is CNC1CCN(C(=O)Cc2coc3cc(C)c(C(C)C)cc23)CC1. The van der Waals surface area contributed by atoms with Gasteiger partial charge in [0.05, 0.1) is 12.7 Å². The number of carbonyl (C=O) groups is 1. The van der Waals surface area contributed by atoms with Crippen LogP contribution in [0.3, 0.4) is 0 Å². The van der Waals surface area contributed by atoms with Gasteiger partial charge in [0.1, 0.15) is 5.58 Å². The maximum Gasteiger partial charge on any atom is 0.227 e. The highest BCUT2D eigenvalue weighted by atomic mass is 16.3. The fourth-order valence-electron chi connectivity index (χ4n) is 3.70. The van der Waals surface area contributed by atoms with E-state index in [1.54, 1.807) is 6.26 Å². The van der Waals surface area contributed by atoms with Crippen molar-refractivity contribution >= 4 is 16.9 Å². The largest absolute Gasteiger partial charge is 0.464 e. The van der Waals surface area contributed by atoms with Crippen LogP contribution < -0.4 is 5.32 Å². The van der Waals surface area contributed by atoms with Gasteiger partial charge in [0.2, 0.25) is 5.91 Å². The molecule has 0 saturated carbocycles. The van der Waals surface area contributed by atoms with Gasteiger partial charge in [-0.15, -0.1) is 0 Å². The number of rotatable bonds is 4. The first-order chi connectivity index (χ1) is 11.5. The van der Waals surface area contributed by atoms with Gasteiger partial charge in [0.15, 0.2) is 0 Å². The Morgan fingerprint density at radius 1 is 1.33 bits per heavy atom. The van der Waals surface area contributed by atoms with Gasteiger partial charge < -0.3 is 14.6 Å². The molecule has 0 spiro atoms. The van der Waals surface area contributed by atoms with Gasteiger partial charge in [0, 0.05) is 30.1 Å². The van der Waals surface area contributed by atoms with Crippen LogP contribution in [0.15, 0.2) is 22.8 Å². The van der Waals surface area contributed by atoms with Gasteiger partial charge >= 0.3 is 0 Å². The molecule has 2 heterocycles. The first-order valence-corrected chi connectivity index (χ1v) is 8.95. The summed E-state index contributed by atoms with van der Waals surface area (Å²) in [5.74, 6) is 0.673. The van der Waals surface area contributed by atoms with E-state index in [0.29, 0.717) is 18.4 Å². The third-order valence-electron chi connectivity index (χ3n) is 5.26. The lowest BCUT2D eigenvalue weighted by Crippen LogP contribution is -2.44. The van der Waals surface area contributed by atoms with Crippen molar-refractivity contribution in [3.8, 4) is 0 Å². The average Bonchev–Trinajstić information content (AvgIpc) is 2.95. The minimum absolute atomic E-state index is 0.207. The summed E-state index contributed by atoms with van der Waals surface area (Å²) in [6.45, 7) is 8.21. The van der Waals surface area contributed by atoms with Crippen LogP contribution in [-0.4, -0.2) is 37.0 Å². The normalized spacial score (nSPS) is 16.3.